The molecule has 1 nitrogen and oxygen atoms in total. The normalized spacial score (nSPS) is 15.4. The largest absolute Gasteiger partial charge is 0.456 e. The van der Waals surface area contributed by atoms with E-state index in [0.29, 0.717) is 22.3 Å². The van der Waals surface area contributed by atoms with Crippen LogP contribution < -0.4 is 0 Å². The van der Waals surface area contributed by atoms with Gasteiger partial charge in [-0.25, -0.2) is 0 Å². The Morgan fingerprint density at radius 2 is 0.878 bits per heavy atom. The Labute approximate surface area is 302 Å². The Balaban J connectivity index is 1.34. The van der Waals surface area contributed by atoms with E-state index < -0.39 is 84.1 Å². The maximum absolute atomic E-state index is 9.35. The first-order valence-corrected chi connectivity index (χ1v) is 15.8. The van der Waals surface area contributed by atoms with Crippen molar-refractivity contribution >= 4 is 54.3 Å². The molecule has 9 aromatic carbocycles. The summed E-state index contributed by atoms with van der Waals surface area (Å²) in [5.74, 6) is 0. The van der Waals surface area contributed by atoms with Crippen LogP contribution >= 0.6 is 0 Å². The molecular formula is C48H30O. The smallest absolute Gasteiger partial charge is 0.136 e. The van der Waals surface area contributed by atoms with Crippen LogP contribution in [0.25, 0.3) is 98.8 Å². The minimum Gasteiger partial charge on any atom is -0.456 e. The summed E-state index contributed by atoms with van der Waals surface area (Å²) in [6.07, 6.45) is 0. The van der Waals surface area contributed by atoms with Gasteiger partial charge in [-0.3, -0.25) is 0 Å². The SMILES string of the molecule is [2H]c1c([2H])c([2H])c(-c2c3c([2H])c([2H])c([2H])c([2H])c3c(-c3cccc(-c4cccc5oc6cccc(-c7ccc8ccccc8c7)c6c45)c3)c3c([2H])c([2H])c([2H])c([2H])c23)c([2H])c1[2H]. The number of furan rings is 1. The van der Waals surface area contributed by atoms with Gasteiger partial charge in [0.1, 0.15) is 11.2 Å². The van der Waals surface area contributed by atoms with Gasteiger partial charge in [-0.1, -0.05) is 157 Å². The van der Waals surface area contributed by atoms with Crippen molar-refractivity contribution in [3.63, 3.8) is 0 Å². The van der Waals surface area contributed by atoms with E-state index in [4.69, 9.17) is 16.8 Å². The number of fused-ring (bicyclic) bond motifs is 6. The highest BCUT2D eigenvalue weighted by Gasteiger charge is 2.19. The van der Waals surface area contributed by atoms with E-state index in [0.717, 1.165) is 38.2 Å². The van der Waals surface area contributed by atoms with Crippen molar-refractivity contribution in [3.8, 4) is 44.5 Å². The number of hydrogen-bond acceptors (Lipinski definition) is 1. The first-order valence-electron chi connectivity index (χ1n) is 22.3. The molecule has 0 aliphatic carbocycles. The fourth-order valence-corrected chi connectivity index (χ4v) is 7.09. The molecule has 0 unspecified atom stereocenters. The van der Waals surface area contributed by atoms with Crippen LogP contribution in [0, 0.1) is 0 Å². The van der Waals surface area contributed by atoms with Crippen LogP contribution in [0.2, 0.25) is 0 Å². The predicted molar refractivity (Wildman–Crippen MR) is 208 cm³/mol. The van der Waals surface area contributed by atoms with Crippen LogP contribution in [0.5, 0.6) is 0 Å². The molecule has 0 radical (unpaired) electrons. The van der Waals surface area contributed by atoms with Gasteiger partial charge in [-0.2, -0.15) is 0 Å². The molecule has 228 valence electrons. The second-order valence-electron chi connectivity index (χ2n) is 11.9. The van der Waals surface area contributed by atoms with Gasteiger partial charge in [-0.05, 0) is 101 Å². The molecule has 0 saturated carbocycles. The molecule has 0 fully saturated rings. The molecule has 10 rings (SSSR count). The van der Waals surface area contributed by atoms with Gasteiger partial charge in [0.25, 0.3) is 0 Å². The van der Waals surface area contributed by atoms with Gasteiger partial charge in [0.05, 0.1) is 17.8 Å². The molecule has 0 atom stereocenters. The van der Waals surface area contributed by atoms with Gasteiger partial charge in [0, 0.05) is 10.8 Å². The maximum atomic E-state index is 9.35. The first kappa shape index (κ1) is 17.6. The van der Waals surface area contributed by atoms with Crippen molar-refractivity contribution in [2.24, 2.45) is 0 Å². The molecule has 0 bridgehead atoms. The third-order valence-electron chi connectivity index (χ3n) is 9.17. The van der Waals surface area contributed by atoms with Crippen LogP contribution in [0.4, 0.5) is 0 Å². The molecule has 0 amide bonds. The van der Waals surface area contributed by atoms with Crippen LogP contribution in [0.15, 0.2) is 186 Å². The second kappa shape index (κ2) is 11.1. The fraction of sp³-hybridized carbons (Fsp3) is 0. The minimum absolute atomic E-state index is 0.0630. The Kier molecular flexibility index (Phi) is 3.99. The summed E-state index contributed by atoms with van der Waals surface area (Å²) >= 11 is 0. The molecule has 0 N–H and O–H groups in total. The molecule has 0 aliphatic rings. The summed E-state index contributed by atoms with van der Waals surface area (Å²) < 4.78 is 122. The minimum atomic E-state index is -0.717. The highest BCUT2D eigenvalue weighted by molar-refractivity contribution is 6.22. The van der Waals surface area contributed by atoms with E-state index >= 15 is 0 Å². The lowest BCUT2D eigenvalue weighted by atomic mass is 9.85. The van der Waals surface area contributed by atoms with E-state index in [2.05, 4.69) is 30.3 Å². The van der Waals surface area contributed by atoms with Gasteiger partial charge < -0.3 is 4.42 Å². The van der Waals surface area contributed by atoms with Crippen LogP contribution in [-0.2, 0) is 0 Å². The van der Waals surface area contributed by atoms with Crippen molar-refractivity contribution in [1.29, 1.82) is 0 Å². The topological polar surface area (TPSA) is 13.1 Å². The summed E-state index contributed by atoms with van der Waals surface area (Å²) in [7, 11) is 0. The summed E-state index contributed by atoms with van der Waals surface area (Å²) in [5.41, 5.74) is 4.30. The molecule has 0 aliphatic heterocycles. The molecule has 0 saturated heterocycles. The summed E-state index contributed by atoms with van der Waals surface area (Å²) in [6.45, 7) is 0. The Hall–Kier alpha value is -6.44. The van der Waals surface area contributed by atoms with Crippen molar-refractivity contribution in [3.05, 3.63) is 182 Å². The summed E-state index contributed by atoms with van der Waals surface area (Å²) in [6, 6.07) is 24.8. The van der Waals surface area contributed by atoms with Gasteiger partial charge in [0.2, 0.25) is 0 Å². The van der Waals surface area contributed by atoms with Crippen LogP contribution in [0.1, 0.15) is 17.8 Å². The lowest BCUT2D eigenvalue weighted by Crippen LogP contribution is -1.91. The van der Waals surface area contributed by atoms with E-state index in [1.165, 1.54) is 0 Å². The van der Waals surface area contributed by atoms with Crippen LogP contribution in [0.3, 0.4) is 0 Å². The zero-order valence-electron chi connectivity index (χ0n) is 38.7. The molecule has 1 aromatic heterocycles. The van der Waals surface area contributed by atoms with Gasteiger partial charge in [-0.15, -0.1) is 0 Å². The van der Waals surface area contributed by atoms with Crippen molar-refractivity contribution in [1.82, 2.24) is 0 Å². The zero-order valence-corrected chi connectivity index (χ0v) is 25.7. The number of hydrogen-bond donors (Lipinski definition) is 0. The molecule has 10 aromatic rings. The highest BCUT2D eigenvalue weighted by Crippen LogP contribution is 2.46. The second-order valence-corrected chi connectivity index (χ2v) is 11.9. The quantitative estimate of drug-likeness (QED) is 0.175. The Morgan fingerprint density at radius 1 is 0.367 bits per heavy atom. The third kappa shape index (κ3) is 4.40. The Morgan fingerprint density at radius 3 is 1.51 bits per heavy atom. The average molecular weight is 636 g/mol. The zero-order chi connectivity index (χ0) is 43.6. The van der Waals surface area contributed by atoms with Crippen LogP contribution in [-0.4, -0.2) is 0 Å². The highest BCUT2D eigenvalue weighted by atomic mass is 16.3. The fourth-order valence-electron chi connectivity index (χ4n) is 7.09. The molecular weight excluding hydrogens is 593 g/mol. The lowest BCUT2D eigenvalue weighted by Gasteiger charge is -2.18. The molecule has 1 heteroatoms. The molecule has 0 spiro atoms. The van der Waals surface area contributed by atoms with Gasteiger partial charge in [0.15, 0.2) is 0 Å². The number of benzene rings is 9. The molecule has 1 heterocycles. The van der Waals surface area contributed by atoms with Crippen molar-refractivity contribution < 1.29 is 22.2 Å². The standard InChI is InChI=1S/C48H30O/c1-2-14-32(15-3-1)45-39-19-6-8-21-41(39)46(42-22-9-7-20-40(42)45)36-18-10-17-34(30-36)37-23-11-25-43-47(37)48-38(24-12-26-44(48)49-43)35-28-27-31-13-4-5-16-33(31)29-35/h1-30H/i1D,2D,3D,6D,7D,8D,9D,14D,15D,19D,20D,21D,22D. The first-order chi connectivity index (χ1) is 29.7. The monoisotopic (exact) mass is 635 g/mol. The van der Waals surface area contributed by atoms with E-state index in [1.54, 1.807) is 18.2 Å². The molecule has 49 heavy (non-hydrogen) atoms. The maximum Gasteiger partial charge on any atom is 0.136 e. The summed E-state index contributed by atoms with van der Waals surface area (Å²) in [4.78, 5) is 0. The van der Waals surface area contributed by atoms with E-state index in [-0.39, 0.29) is 32.7 Å². The third-order valence-corrected chi connectivity index (χ3v) is 9.17. The number of rotatable bonds is 4. The summed E-state index contributed by atoms with van der Waals surface area (Å²) in [5, 5.41) is 3.09. The average Bonchev–Trinajstić information content (AvgIpc) is 3.68. The van der Waals surface area contributed by atoms with E-state index in [1.807, 2.05) is 54.6 Å². The van der Waals surface area contributed by atoms with Crippen molar-refractivity contribution in [2.45, 2.75) is 0 Å². The van der Waals surface area contributed by atoms with Gasteiger partial charge >= 0.3 is 0 Å². The van der Waals surface area contributed by atoms with E-state index in [9.17, 15) is 5.48 Å². The van der Waals surface area contributed by atoms with Crippen molar-refractivity contribution in [2.75, 3.05) is 0 Å². The lowest BCUT2D eigenvalue weighted by molar-refractivity contribution is 0.669. The predicted octanol–water partition coefficient (Wildman–Crippen LogP) is 13.7. The Bertz CT molecular complexity index is 3520.